The summed E-state index contributed by atoms with van der Waals surface area (Å²) in [6.45, 7) is -0.638. The highest BCUT2D eigenvalue weighted by atomic mass is 31.2. The highest BCUT2D eigenvalue weighted by molar-refractivity contribution is 7.46. The maximum absolute atomic E-state index is 15.3. The largest absolute Gasteiger partial charge is 0.488 e. The number of fused-ring (bicyclic) bond motifs is 1. The smallest absolute Gasteiger partial charge is 0.469 e. The summed E-state index contributed by atoms with van der Waals surface area (Å²) in [7, 11) is -3.31. The van der Waals surface area contributed by atoms with Crippen LogP contribution in [0.2, 0.25) is 0 Å². The van der Waals surface area contributed by atoms with Gasteiger partial charge in [-0.1, -0.05) is 6.07 Å². The molecule has 0 radical (unpaired) electrons. The lowest BCUT2D eigenvalue weighted by Crippen LogP contribution is -2.47. The van der Waals surface area contributed by atoms with Gasteiger partial charge in [0.25, 0.3) is 5.91 Å². The molecule has 3 aromatic carbocycles. The van der Waals surface area contributed by atoms with E-state index in [2.05, 4.69) is 9.84 Å². The van der Waals surface area contributed by atoms with Crippen molar-refractivity contribution in [3.8, 4) is 5.75 Å². The molecular formula is C27H25F5N3O7P. The first-order chi connectivity index (χ1) is 20.2. The number of urea groups is 1. The number of benzene rings is 3. The number of ether oxygens (including phenoxy) is 1. The second-order valence-corrected chi connectivity index (χ2v) is 10.7. The number of rotatable bonds is 10. The van der Waals surface area contributed by atoms with Crippen molar-refractivity contribution in [3.63, 3.8) is 0 Å². The maximum atomic E-state index is 15.3. The Morgan fingerprint density at radius 1 is 0.977 bits per heavy atom. The Morgan fingerprint density at radius 2 is 1.65 bits per heavy atom. The standard InChI is InChI=1S/C27H25F5N3O7P/c1-14-17-4-3-15(26(36)33-12-18-21(30)10-16(28)11-22(18)31)9-23(17)35(27(37)34(14)2)13-19-20(29)5-6-24(25(19)32)41-7-8-42-43(38,39)40/h3-6,9-11,14H,7-8,12-13H2,1-2H3,(H,33,36)(H2,38,39,40)/t14-/m0/s1. The molecule has 0 bridgehead atoms. The van der Waals surface area contributed by atoms with Gasteiger partial charge in [0.1, 0.15) is 29.9 Å². The quantitative estimate of drug-likeness (QED) is 0.165. The predicted octanol–water partition coefficient (Wildman–Crippen LogP) is 4.93. The van der Waals surface area contributed by atoms with Crippen LogP contribution in [0.3, 0.4) is 0 Å². The van der Waals surface area contributed by atoms with E-state index in [-0.39, 0.29) is 11.3 Å². The van der Waals surface area contributed by atoms with Crippen molar-refractivity contribution in [2.45, 2.75) is 26.1 Å². The number of hydrogen-bond acceptors (Lipinski definition) is 5. The molecule has 3 amide bonds. The van der Waals surface area contributed by atoms with Gasteiger partial charge in [-0.05, 0) is 36.8 Å². The summed E-state index contributed by atoms with van der Waals surface area (Å²) in [5.41, 5.74) is -0.521. The van der Waals surface area contributed by atoms with Crippen LogP contribution in [0.4, 0.5) is 32.4 Å². The summed E-state index contributed by atoms with van der Waals surface area (Å²) in [5.74, 6) is -6.97. The summed E-state index contributed by atoms with van der Waals surface area (Å²) in [5, 5.41) is 2.33. The van der Waals surface area contributed by atoms with Gasteiger partial charge < -0.3 is 24.7 Å². The van der Waals surface area contributed by atoms with Crippen LogP contribution in [-0.4, -0.2) is 46.9 Å². The number of carbonyl (C=O) groups excluding carboxylic acids is 2. The average molecular weight is 629 g/mol. The Bertz CT molecular complexity index is 1600. The molecule has 0 aliphatic carbocycles. The third-order valence-corrected chi connectivity index (χ3v) is 7.26. The minimum Gasteiger partial charge on any atom is -0.488 e. The fourth-order valence-corrected chi connectivity index (χ4v) is 4.72. The lowest BCUT2D eigenvalue weighted by atomic mass is 9.98. The first kappa shape index (κ1) is 31.9. The molecule has 10 nitrogen and oxygen atoms in total. The normalized spacial score (nSPS) is 15.0. The monoisotopic (exact) mass is 629 g/mol. The van der Waals surface area contributed by atoms with Crippen molar-refractivity contribution in [1.82, 2.24) is 10.2 Å². The van der Waals surface area contributed by atoms with E-state index in [4.69, 9.17) is 14.5 Å². The summed E-state index contributed by atoms with van der Waals surface area (Å²) < 4.78 is 91.6. The lowest BCUT2D eigenvalue weighted by molar-refractivity contribution is 0.0950. The molecule has 0 aromatic heterocycles. The van der Waals surface area contributed by atoms with Crippen LogP contribution in [0.25, 0.3) is 0 Å². The van der Waals surface area contributed by atoms with E-state index >= 15 is 4.39 Å². The van der Waals surface area contributed by atoms with Crippen LogP contribution < -0.4 is 15.0 Å². The van der Waals surface area contributed by atoms with E-state index in [0.717, 1.165) is 17.0 Å². The van der Waals surface area contributed by atoms with Gasteiger partial charge in [-0.2, -0.15) is 0 Å². The first-order valence-electron chi connectivity index (χ1n) is 12.6. The second kappa shape index (κ2) is 12.7. The van der Waals surface area contributed by atoms with Crippen LogP contribution >= 0.6 is 7.82 Å². The molecule has 16 heteroatoms. The van der Waals surface area contributed by atoms with Crippen LogP contribution in [0, 0.1) is 29.1 Å². The number of hydrogen-bond donors (Lipinski definition) is 3. The molecule has 0 spiro atoms. The number of phosphoric acid groups is 1. The molecule has 3 aromatic rings. The van der Waals surface area contributed by atoms with E-state index in [1.165, 1.54) is 30.1 Å². The summed E-state index contributed by atoms with van der Waals surface area (Å²) >= 11 is 0. The van der Waals surface area contributed by atoms with Gasteiger partial charge in [-0.25, -0.2) is 31.3 Å². The van der Waals surface area contributed by atoms with Gasteiger partial charge in [0.15, 0.2) is 11.6 Å². The van der Waals surface area contributed by atoms with Crippen LogP contribution in [0.15, 0.2) is 42.5 Å². The highest BCUT2D eigenvalue weighted by Gasteiger charge is 2.35. The molecule has 230 valence electrons. The molecule has 4 rings (SSSR count). The number of nitrogens with zero attached hydrogens (tertiary/aromatic N) is 2. The molecule has 1 atom stereocenters. The summed E-state index contributed by atoms with van der Waals surface area (Å²) in [6, 6.07) is 5.84. The van der Waals surface area contributed by atoms with Gasteiger partial charge in [0.05, 0.1) is 24.9 Å². The fraction of sp³-hybridized carbons (Fsp3) is 0.259. The molecule has 1 aliphatic heterocycles. The van der Waals surface area contributed by atoms with E-state index in [1.54, 1.807) is 6.92 Å². The van der Waals surface area contributed by atoms with Crippen LogP contribution in [0.5, 0.6) is 5.75 Å². The molecule has 1 heterocycles. The average Bonchev–Trinajstić information content (AvgIpc) is 2.93. The fourth-order valence-electron chi connectivity index (χ4n) is 4.40. The van der Waals surface area contributed by atoms with Crippen molar-refractivity contribution in [2.75, 3.05) is 25.2 Å². The Balaban J connectivity index is 1.60. The van der Waals surface area contributed by atoms with Crippen LogP contribution in [0.1, 0.15) is 40.0 Å². The highest BCUT2D eigenvalue weighted by Crippen LogP contribution is 2.38. The minimum absolute atomic E-state index is 0.0423. The van der Waals surface area contributed by atoms with Gasteiger partial charge in [-0.15, -0.1) is 0 Å². The Morgan fingerprint density at radius 3 is 2.30 bits per heavy atom. The van der Waals surface area contributed by atoms with E-state index < -0.39 is 98.1 Å². The molecule has 0 unspecified atom stereocenters. The predicted molar refractivity (Wildman–Crippen MR) is 142 cm³/mol. The van der Waals surface area contributed by atoms with Gasteiger partial charge >= 0.3 is 13.9 Å². The molecular weight excluding hydrogens is 604 g/mol. The van der Waals surface area contributed by atoms with Gasteiger partial charge in [0.2, 0.25) is 0 Å². The third-order valence-electron chi connectivity index (χ3n) is 6.75. The van der Waals surface area contributed by atoms with E-state index in [1.807, 2.05) is 0 Å². The molecule has 43 heavy (non-hydrogen) atoms. The number of halogens is 5. The summed E-state index contributed by atoms with van der Waals surface area (Å²) in [4.78, 5) is 46.0. The number of nitrogens with one attached hydrogen (secondary N) is 1. The zero-order valence-electron chi connectivity index (χ0n) is 22.6. The maximum Gasteiger partial charge on any atom is 0.469 e. The van der Waals surface area contributed by atoms with E-state index in [0.29, 0.717) is 17.7 Å². The van der Waals surface area contributed by atoms with Crippen molar-refractivity contribution >= 4 is 25.4 Å². The molecule has 1 aliphatic rings. The number of amides is 3. The summed E-state index contributed by atoms with van der Waals surface area (Å²) in [6.07, 6.45) is 0. The molecule has 3 N–H and O–H groups in total. The van der Waals surface area contributed by atoms with Crippen molar-refractivity contribution in [2.24, 2.45) is 0 Å². The molecule has 0 saturated carbocycles. The van der Waals surface area contributed by atoms with Gasteiger partial charge in [-0.3, -0.25) is 14.2 Å². The van der Waals surface area contributed by atoms with E-state index in [9.17, 15) is 31.7 Å². The lowest BCUT2D eigenvalue weighted by Gasteiger charge is -2.39. The second-order valence-electron chi connectivity index (χ2n) is 9.47. The SMILES string of the molecule is C[C@H]1c2ccc(C(=O)NCc3c(F)cc(F)cc3F)cc2N(Cc2c(F)ccc(OCCOP(=O)(O)O)c2F)C(=O)N1C. The number of anilines is 1. The first-order valence-corrected chi connectivity index (χ1v) is 14.1. The topological polar surface area (TPSA) is 129 Å². The Labute approximate surface area is 241 Å². The Hall–Kier alpha value is -4.04. The number of phosphoric ester groups is 1. The zero-order chi connectivity index (χ0) is 31.6. The third kappa shape index (κ3) is 7.13. The van der Waals surface area contributed by atoms with Crippen LogP contribution in [-0.2, 0) is 22.2 Å². The zero-order valence-corrected chi connectivity index (χ0v) is 23.5. The minimum atomic E-state index is -4.79. The molecule has 0 saturated heterocycles. The van der Waals surface area contributed by atoms with Crippen molar-refractivity contribution < 1.29 is 55.2 Å². The molecule has 0 fully saturated rings. The van der Waals surface area contributed by atoms with Crippen molar-refractivity contribution in [1.29, 1.82) is 0 Å². The van der Waals surface area contributed by atoms with Gasteiger partial charge in [0, 0.05) is 42.4 Å². The number of carbonyl (C=O) groups is 2. The van der Waals surface area contributed by atoms with Crippen molar-refractivity contribution in [3.05, 3.63) is 93.8 Å². The Kier molecular flexibility index (Phi) is 9.40.